The highest BCUT2D eigenvalue weighted by Gasteiger charge is 2.05. The van der Waals surface area contributed by atoms with Gasteiger partial charge in [0.1, 0.15) is 0 Å². The van der Waals surface area contributed by atoms with Gasteiger partial charge in [-0.3, -0.25) is 0 Å². The number of benzene rings is 2. The molecule has 0 aliphatic heterocycles. The Morgan fingerprint density at radius 1 is 1.11 bits per heavy atom. The maximum atomic E-state index is 6.08. The van der Waals surface area contributed by atoms with Crippen LogP contribution >= 0.6 is 11.6 Å². The molecule has 0 amide bonds. The first-order chi connectivity index (χ1) is 8.74. The van der Waals surface area contributed by atoms with Crippen LogP contribution in [0.3, 0.4) is 0 Å². The fourth-order valence-electron chi connectivity index (χ4n) is 2.18. The largest absolute Gasteiger partial charge is 0.326 e. The van der Waals surface area contributed by atoms with Crippen molar-refractivity contribution in [1.82, 2.24) is 0 Å². The summed E-state index contributed by atoms with van der Waals surface area (Å²) < 4.78 is 0. The second-order valence-corrected chi connectivity index (χ2v) is 4.89. The summed E-state index contributed by atoms with van der Waals surface area (Å²) in [5.74, 6) is 0. The first-order valence-electron chi connectivity index (χ1n) is 6.32. The Morgan fingerprint density at radius 3 is 2.67 bits per heavy atom. The van der Waals surface area contributed by atoms with Gasteiger partial charge < -0.3 is 5.73 Å². The molecule has 2 rings (SSSR count). The van der Waals surface area contributed by atoms with Gasteiger partial charge in [0, 0.05) is 11.6 Å². The van der Waals surface area contributed by atoms with Crippen LogP contribution in [0.5, 0.6) is 0 Å². The van der Waals surface area contributed by atoms with E-state index in [4.69, 9.17) is 17.3 Å². The maximum Gasteiger partial charge on any atom is 0.0412 e. The smallest absolute Gasteiger partial charge is 0.0412 e. The molecule has 94 valence electrons. The van der Waals surface area contributed by atoms with E-state index in [9.17, 15) is 0 Å². The lowest BCUT2D eigenvalue weighted by atomic mass is 9.97. The van der Waals surface area contributed by atoms with Gasteiger partial charge in [0.25, 0.3) is 0 Å². The van der Waals surface area contributed by atoms with E-state index in [0.717, 1.165) is 29.0 Å². The van der Waals surface area contributed by atoms with E-state index in [1.807, 2.05) is 18.2 Å². The average molecular weight is 260 g/mol. The third kappa shape index (κ3) is 2.92. The highest BCUT2D eigenvalue weighted by atomic mass is 35.5. The van der Waals surface area contributed by atoms with Crippen LogP contribution in [-0.2, 0) is 13.0 Å². The second-order valence-electron chi connectivity index (χ2n) is 4.46. The van der Waals surface area contributed by atoms with E-state index in [2.05, 4.69) is 31.2 Å². The van der Waals surface area contributed by atoms with E-state index in [-0.39, 0.29) is 0 Å². The Labute approximate surface area is 114 Å². The fraction of sp³-hybridized carbons (Fsp3) is 0.250. The Hall–Kier alpha value is -1.31. The highest BCUT2D eigenvalue weighted by molar-refractivity contribution is 6.30. The topological polar surface area (TPSA) is 26.0 Å². The van der Waals surface area contributed by atoms with E-state index < -0.39 is 0 Å². The normalized spacial score (nSPS) is 10.6. The van der Waals surface area contributed by atoms with Gasteiger partial charge in [-0.25, -0.2) is 0 Å². The summed E-state index contributed by atoms with van der Waals surface area (Å²) in [6.45, 7) is 2.72. The Morgan fingerprint density at radius 2 is 1.94 bits per heavy atom. The Balaban J connectivity index is 2.47. The van der Waals surface area contributed by atoms with Gasteiger partial charge in [-0.1, -0.05) is 55.3 Å². The molecular formula is C16H18ClN. The van der Waals surface area contributed by atoms with Gasteiger partial charge in [0.05, 0.1) is 0 Å². The molecule has 0 unspecified atom stereocenters. The zero-order valence-corrected chi connectivity index (χ0v) is 11.4. The second kappa shape index (κ2) is 6.03. The third-order valence-electron chi connectivity index (χ3n) is 3.07. The third-order valence-corrected chi connectivity index (χ3v) is 3.30. The highest BCUT2D eigenvalue weighted by Crippen LogP contribution is 2.27. The molecule has 2 aromatic carbocycles. The lowest BCUT2D eigenvalue weighted by Gasteiger charge is -2.10. The van der Waals surface area contributed by atoms with Crippen molar-refractivity contribution in [1.29, 1.82) is 0 Å². The molecule has 0 radical (unpaired) electrons. The van der Waals surface area contributed by atoms with Gasteiger partial charge in [-0.2, -0.15) is 0 Å². The van der Waals surface area contributed by atoms with E-state index in [1.54, 1.807) is 0 Å². The maximum absolute atomic E-state index is 6.08. The van der Waals surface area contributed by atoms with Gasteiger partial charge >= 0.3 is 0 Å². The minimum absolute atomic E-state index is 0.532. The predicted molar refractivity (Wildman–Crippen MR) is 78.8 cm³/mol. The zero-order chi connectivity index (χ0) is 13.0. The van der Waals surface area contributed by atoms with E-state index >= 15 is 0 Å². The summed E-state index contributed by atoms with van der Waals surface area (Å²) in [6.07, 6.45) is 2.26. The molecule has 2 aromatic rings. The van der Waals surface area contributed by atoms with Crippen molar-refractivity contribution >= 4 is 11.6 Å². The number of halogens is 1. The summed E-state index contributed by atoms with van der Waals surface area (Å²) in [5, 5.41) is 0.753. The van der Waals surface area contributed by atoms with Gasteiger partial charge in [0.15, 0.2) is 0 Å². The number of nitrogens with two attached hydrogens (primary N) is 1. The Bertz CT molecular complexity index is 534. The van der Waals surface area contributed by atoms with Crippen molar-refractivity contribution in [2.75, 3.05) is 0 Å². The van der Waals surface area contributed by atoms with Crippen molar-refractivity contribution in [2.45, 2.75) is 26.3 Å². The number of aryl methyl sites for hydroxylation is 1. The summed E-state index contributed by atoms with van der Waals surface area (Å²) in [4.78, 5) is 0. The minimum atomic E-state index is 0.532. The fourth-order valence-corrected chi connectivity index (χ4v) is 2.35. The molecule has 0 aromatic heterocycles. The molecule has 2 heteroatoms. The molecule has 2 N–H and O–H groups in total. The van der Waals surface area contributed by atoms with Crippen LogP contribution in [0.1, 0.15) is 24.5 Å². The summed E-state index contributed by atoms with van der Waals surface area (Å²) in [6, 6.07) is 14.5. The molecule has 0 bridgehead atoms. The quantitative estimate of drug-likeness (QED) is 0.864. The van der Waals surface area contributed by atoms with Crippen LogP contribution < -0.4 is 5.73 Å². The molecule has 0 aliphatic rings. The van der Waals surface area contributed by atoms with Gasteiger partial charge in [-0.15, -0.1) is 0 Å². The molecule has 0 fully saturated rings. The first-order valence-corrected chi connectivity index (χ1v) is 6.70. The van der Waals surface area contributed by atoms with Gasteiger partial charge in [-0.05, 0) is 40.8 Å². The van der Waals surface area contributed by atoms with Crippen LogP contribution in [0.25, 0.3) is 11.1 Å². The van der Waals surface area contributed by atoms with Crippen molar-refractivity contribution in [3.05, 3.63) is 58.6 Å². The van der Waals surface area contributed by atoms with Crippen LogP contribution in [0.15, 0.2) is 42.5 Å². The van der Waals surface area contributed by atoms with Crippen molar-refractivity contribution in [3.8, 4) is 11.1 Å². The van der Waals surface area contributed by atoms with Crippen molar-refractivity contribution < 1.29 is 0 Å². The van der Waals surface area contributed by atoms with Crippen LogP contribution in [0, 0.1) is 0 Å². The predicted octanol–water partition coefficient (Wildman–Crippen LogP) is 4.42. The van der Waals surface area contributed by atoms with E-state index in [1.165, 1.54) is 11.1 Å². The van der Waals surface area contributed by atoms with Crippen LogP contribution in [0.2, 0.25) is 5.02 Å². The first kappa shape index (κ1) is 13.1. The molecule has 0 saturated carbocycles. The lowest BCUT2D eigenvalue weighted by molar-refractivity contribution is 0.922. The molecule has 0 aliphatic carbocycles. The SMILES string of the molecule is CCCc1cccc(-c2cc(Cl)ccc2CN)c1. The summed E-state index contributed by atoms with van der Waals surface area (Å²) >= 11 is 6.08. The van der Waals surface area contributed by atoms with Gasteiger partial charge in [0.2, 0.25) is 0 Å². The Kier molecular flexibility index (Phi) is 4.40. The molecule has 0 spiro atoms. The van der Waals surface area contributed by atoms with Crippen LogP contribution in [-0.4, -0.2) is 0 Å². The zero-order valence-electron chi connectivity index (χ0n) is 10.6. The monoisotopic (exact) mass is 259 g/mol. The minimum Gasteiger partial charge on any atom is -0.326 e. The summed E-state index contributed by atoms with van der Waals surface area (Å²) in [7, 11) is 0. The molecule has 1 nitrogen and oxygen atoms in total. The van der Waals surface area contributed by atoms with E-state index in [0.29, 0.717) is 6.54 Å². The average Bonchev–Trinajstić information content (AvgIpc) is 2.39. The molecule has 0 saturated heterocycles. The standard InChI is InChI=1S/C16H18ClN/c1-2-4-12-5-3-6-13(9-12)16-10-15(17)8-7-14(16)11-18/h3,5-10H,2,4,11,18H2,1H3. The molecule has 0 heterocycles. The number of rotatable bonds is 4. The summed E-state index contributed by atoms with van der Waals surface area (Å²) in [5.41, 5.74) is 10.6. The van der Waals surface area contributed by atoms with Crippen molar-refractivity contribution in [3.63, 3.8) is 0 Å². The number of hydrogen-bond acceptors (Lipinski definition) is 1. The molecular weight excluding hydrogens is 242 g/mol. The number of hydrogen-bond donors (Lipinski definition) is 1. The van der Waals surface area contributed by atoms with Crippen LogP contribution in [0.4, 0.5) is 0 Å². The molecule has 0 atom stereocenters. The van der Waals surface area contributed by atoms with Crippen molar-refractivity contribution in [2.24, 2.45) is 5.73 Å². The molecule has 18 heavy (non-hydrogen) atoms. The lowest BCUT2D eigenvalue weighted by Crippen LogP contribution is -1.99.